The highest BCUT2D eigenvalue weighted by Crippen LogP contribution is 2.30. The first-order valence-corrected chi connectivity index (χ1v) is 11.6. The molecule has 188 valence electrons. The molecule has 0 saturated carbocycles. The monoisotopic (exact) mass is 493 g/mol. The lowest BCUT2D eigenvalue weighted by Crippen LogP contribution is -2.50. The molecule has 0 aliphatic carbocycles. The van der Waals surface area contributed by atoms with Gasteiger partial charge in [0.15, 0.2) is 0 Å². The maximum atomic E-state index is 14.2. The third-order valence-corrected chi connectivity index (χ3v) is 6.32. The van der Waals surface area contributed by atoms with Crippen molar-refractivity contribution in [2.24, 2.45) is 5.92 Å². The molecule has 0 spiro atoms. The zero-order valence-electron chi connectivity index (χ0n) is 20.3. The first kappa shape index (κ1) is 25.2. The lowest BCUT2D eigenvalue weighted by molar-refractivity contribution is 0.0312. The summed E-state index contributed by atoms with van der Waals surface area (Å²) in [5, 5.41) is 9.82. The number of aliphatic hydroxyl groups is 1. The zero-order valence-corrected chi connectivity index (χ0v) is 20.3. The van der Waals surface area contributed by atoms with Crippen LogP contribution in [0, 0.1) is 11.7 Å². The Hall–Kier alpha value is -3.92. The van der Waals surface area contributed by atoms with Crippen molar-refractivity contribution in [1.29, 1.82) is 0 Å². The van der Waals surface area contributed by atoms with Gasteiger partial charge in [-0.2, -0.15) is 0 Å². The van der Waals surface area contributed by atoms with E-state index in [2.05, 4.69) is 15.0 Å². The van der Waals surface area contributed by atoms with E-state index < -0.39 is 23.9 Å². The maximum absolute atomic E-state index is 14.2. The van der Waals surface area contributed by atoms with Crippen LogP contribution in [0.5, 0.6) is 5.88 Å². The molecular weight excluding hydrogens is 465 g/mol. The number of hydrogen-bond donors (Lipinski definition) is 1. The fourth-order valence-electron chi connectivity index (χ4n) is 4.12. The number of hydrogen-bond acceptors (Lipinski definition) is 7. The number of ether oxygens (including phenoxy) is 1. The SMILES string of the molecule is C[C@H](CO)N1C[C@H](C)[C@@H](CN(C)C(=O)c2ccccc2F)Oc2ncc(-c3cncnc3)cc2C1=O. The van der Waals surface area contributed by atoms with Gasteiger partial charge in [-0.1, -0.05) is 19.1 Å². The van der Waals surface area contributed by atoms with Crippen LogP contribution in [0.3, 0.4) is 0 Å². The molecule has 3 heterocycles. The smallest absolute Gasteiger partial charge is 0.259 e. The van der Waals surface area contributed by atoms with Crippen LogP contribution in [-0.2, 0) is 0 Å². The van der Waals surface area contributed by atoms with Crippen molar-refractivity contribution in [2.75, 3.05) is 26.7 Å². The van der Waals surface area contributed by atoms with Crippen LogP contribution in [-0.4, -0.2) is 80.6 Å². The highest BCUT2D eigenvalue weighted by Gasteiger charge is 2.35. The van der Waals surface area contributed by atoms with Crippen molar-refractivity contribution < 1.29 is 23.8 Å². The lowest BCUT2D eigenvalue weighted by Gasteiger charge is -2.37. The Morgan fingerprint density at radius 1 is 1.25 bits per heavy atom. The van der Waals surface area contributed by atoms with E-state index in [-0.39, 0.29) is 48.5 Å². The van der Waals surface area contributed by atoms with Crippen LogP contribution >= 0.6 is 0 Å². The Kier molecular flexibility index (Phi) is 7.54. The number of amides is 2. The molecule has 0 radical (unpaired) electrons. The molecule has 1 aromatic carbocycles. The molecule has 1 aliphatic rings. The Balaban J connectivity index is 1.68. The molecule has 10 heteroatoms. The van der Waals surface area contributed by atoms with Gasteiger partial charge < -0.3 is 19.6 Å². The van der Waals surface area contributed by atoms with Gasteiger partial charge in [0, 0.05) is 49.2 Å². The third-order valence-electron chi connectivity index (χ3n) is 6.32. The predicted octanol–water partition coefficient (Wildman–Crippen LogP) is 2.67. The van der Waals surface area contributed by atoms with Crippen LogP contribution in [0.25, 0.3) is 11.1 Å². The number of carbonyl (C=O) groups is 2. The Morgan fingerprint density at radius 3 is 2.67 bits per heavy atom. The van der Waals surface area contributed by atoms with Crippen LogP contribution in [0.1, 0.15) is 34.6 Å². The maximum Gasteiger partial charge on any atom is 0.259 e. The molecule has 0 unspecified atom stereocenters. The second kappa shape index (κ2) is 10.8. The van der Waals surface area contributed by atoms with Gasteiger partial charge in [-0.05, 0) is 25.1 Å². The number of carbonyl (C=O) groups excluding carboxylic acids is 2. The van der Waals surface area contributed by atoms with Crippen molar-refractivity contribution in [1.82, 2.24) is 24.8 Å². The summed E-state index contributed by atoms with van der Waals surface area (Å²) in [4.78, 5) is 41.9. The average Bonchev–Trinajstić information content (AvgIpc) is 2.90. The minimum atomic E-state index is -0.598. The number of fused-ring (bicyclic) bond motifs is 1. The minimum Gasteiger partial charge on any atom is -0.472 e. The molecule has 0 bridgehead atoms. The van der Waals surface area contributed by atoms with E-state index in [9.17, 15) is 19.1 Å². The Labute approximate surface area is 208 Å². The number of nitrogens with zero attached hydrogens (tertiary/aromatic N) is 5. The van der Waals surface area contributed by atoms with E-state index >= 15 is 0 Å². The molecule has 4 rings (SSSR count). The second-order valence-electron chi connectivity index (χ2n) is 8.99. The molecule has 3 atom stereocenters. The normalized spacial score (nSPS) is 18.5. The van der Waals surface area contributed by atoms with Gasteiger partial charge in [0.2, 0.25) is 5.88 Å². The lowest BCUT2D eigenvalue weighted by atomic mass is 9.99. The Bertz CT molecular complexity index is 1240. The van der Waals surface area contributed by atoms with Crippen molar-refractivity contribution in [2.45, 2.75) is 26.0 Å². The molecule has 2 aromatic heterocycles. The summed E-state index contributed by atoms with van der Waals surface area (Å²) in [5.41, 5.74) is 1.53. The summed E-state index contributed by atoms with van der Waals surface area (Å²) < 4.78 is 20.4. The molecule has 3 aromatic rings. The molecule has 9 nitrogen and oxygen atoms in total. The van der Waals surface area contributed by atoms with Gasteiger partial charge in [-0.3, -0.25) is 9.59 Å². The summed E-state index contributed by atoms with van der Waals surface area (Å²) in [6.45, 7) is 3.87. The second-order valence-corrected chi connectivity index (χ2v) is 8.99. The zero-order chi connectivity index (χ0) is 25.8. The quantitative estimate of drug-likeness (QED) is 0.562. The summed E-state index contributed by atoms with van der Waals surface area (Å²) in [6, 6.07) is 7.03. The van der Waals surface area contributed by atoms with Crippen LogP contribution in [0.15, 0.2) is 55.2 Å². The molecule has 1 aliphatic heterocycles. The summed E-state index contributed by atoms with van der Waals surface area (Å²) in [5.74, 6) is -1.50. The van der Waals surface area contributed by atoms with E-state index in [1.54, 1.807) is 49.6 Å². The van der Waals surface area contributed by atoms with E-state index in [0.29, 0.717) is 11.1 Å². The van der Waals surface area contributed by atoms with Gasteiger partial charge in [0.05, 0.1) is 24.8 Å². The van der Waals surface area contributed by atoms with E-state index in [1.807, 2.05) is 6.92 Å². The van der Waals surface area contributed by atoms with Crippen LogP contribution in [0.4, 0.5) is 4.39 Å². The molecular formula is C26H28FN5O4. The fraction of sp³-hybridized carbons (Fsp3) is 0.346. The molecule has 1 N–H and O–H groups in total. The van der Waals surface area contributed by atoms with Gasteiger partial charge in [-0.15, -0.1) is 0 Å². The average molecular weight is 494 g/mol. The van der Waals surface area contributed by atoms with Crippen LogP contribution < -0.4 is 4.74 Å². The largest absolute Gasteiger partial charge is 0.472 e. The predicted molar refractivity (Wildman–Crippen MR) is 130 cm³/mol. The minimum absolute atomic E-state index is 0.0301. The number of aromatic nitrogens is 3. The number of rotatable bonds is 6. The number of benzene rings is 1. The van der Waals surface area contributed by atoms with Gasteiger partial charge in [0.1, 0.15) is 23.8 Å². The van der Waals surface area contributed by atoms with Gasteiger partial charge in [0.25, 0.3) is 11.8 Å². The Morgan fingerprint density at radius 2 is 1.97 bits per heavy atom. The van der Waals surface area contributed by atoms with Crippen molar-refractivity contribution in [3.8, 4) is 17.0 Å². The number of likely N-dealkylation sites (N-methyl/N-ethyl adjacent to an activating group) is 1. The number of halogens is 1. The molecule has 36 heavy (non-hydrogen) atoms. The first-order chi connectivity index (χ1) is 17.3. The standard InChI is InChI=1S/C26H28FN5O4/c1-16-12-32(17(2)14-33)26(35)21-8-18(19-9-28-15-29-10-19)11-30-24(21)36-23(16)13-31(3)25(34)20-6-4-5-7-22(20)27/h4-11,15-17,23,33H,12-14H2,1-3H3/t16-,17+,23+/m0/s1. The van der Waals surface area contributed by atoms with Crippen molar-refractivity contribution in [3.63, 3.8) is 0 Å². The summed E-state index contributed by atoms with van der Waals surface area (Å²) in [7, 11) is 1.58. The topological polar surface area (TPSA) is 109 Å². The summed E-state index contributed by atoms with van der Waals surface area (Å²) >= 11 is 0. The highest BCUT2D eigenvalue weighted by atomic mass is 19.1. The van der Waals surface area contributed by atoms with E-state index in [4.69, 9.17) is 4.74 Å². The number of aliphatic hydroxyl groups excluding tert-OH is 1. The molecule has 2 amide bonds. The number of pyridine rings is 1. The van der Waals surface area contributed by atoms with Crippen LogP contribution in [0.2, 0.25) is 0 Å². The van der Waals surface area contributed by atoms with Crippen molar-refractivity contribution in [3.05, 3.63) is 72.2 Å². The summed E-state index contributed by atoms with van der Waals surface area (Å²) in [6.07, 6.45) is 5.67. The van der Waals surface area contributed by atoms with Gasteiger partial charge >= 0.3 is 0 Å². The molecule has 0 fully saturated rings. The third kappa shape index (κ3) is 5.18. The first-order valence-electron chi connectivity index (χ1n) is 11.6. The fourth-order valence-corrected chi connectivity index (χ4v) is 4.12. The van der Waals surface area contributed by atoms with Crippen molar-refractivity contribution >= 4 is 11.8 Å². The van der Waals surface area contributed by atoms with E-state index in [0.717, 1.165) is 0 Å². The molecule has 0 saturated heterocycles. The van der Waals surface area contributed by atoms with E-state index in [1.165, 1.54) is 29.4 Å². The van der Waals surface area contributed by atoms with Gasteiger partial charge in [-0.25, -0.2) is 19.3 Å². The highest BCUT2D eigenvalue weighted by molar-refractivity contribution is 5.98.